The zero-order chi connectivity index (χ0) is 18.2. The van der Waals surface area contributed by atoms with Gasteiger partial charge in [-0.25, -0.2) is 9.37 Å². The molecule has 134 valence electrons. The predicted molar refractivity (Wildman–Crippen MR) is 95.8 cm³/mol. The molecule has 1 heterocycles. The number of benzene rings is 1. The average molecular weight is 387 g/mol. The van der Waals surface area contributed by atoms with Crippen LogP contribution in [-0.4, -0.2) is 10.9 Å². The smallest absolute Gasteiger partial charge is 0.248 e. The predicted octanol–water partition coefficient (Wildman–Crippen LogP) is 5.87. The van der Waals surface area contributed by atoms with Gasteiger partial charge in [0.15, 0.2) is 5.82 Å². The van der Waals surface area contributed by atoms with Gasteiger partial charge in [0.05, 0.1) is 10.0 Å². The van der Waals surface area contributed by atoms with E-state index < -0.39 is 11.8 Å². The Morgan fingerprint density at radius 2 is 1.80 bits per heavy atom. The van der Waals surface area contributed by atoms with Gasteiger partial charge in [-0.15, -0.1) is 0 Å². The molecule has 2 aromatic rings. The van der Waals surface area contributed by atoms with E-state index in [9.17, 15) is 13.6 Å². The molecule has 7 heteroatoms. The molecule has 0 saturated heterocycles. The SMILES string of the molecule is Fc1cccnc1F.O=C(Nc1ccc(Cl)c(Cl)c1)C1CCCCC1. The Morgan fingerprint density at radius 1 is 1.08 bits per heavy atom. The molecule has 1 aliphatic carbocycles. The molecule has 0 aliphatic heterocycles. The molecule has 1 aromatic carbocycles. The van der Waals surface area contributed by atoms with Crippen molar-refractivity contribution in [2.45, 2.75) is 32.1 Å². The van der Waals surface area contributed by atoms with E-state index in [-0.39, 0.29) is 11.8 Å². The van der Waals surface area contributed by atoms with Crippen molar-refractivity contribution >= 4 is 34.8 Å². The van der Waals surface area contributed by atoms with Crippen LogP contribution in [0.3, 0.4) is 0 Å². The topological polar surface area (TPSA) is 42.0 Å². The minimum Gasteiger partial charge on any atom is -0.326 e. The molecular weight excluding hydrogens is 369 g/mol. The summed E-state index contributed by atoms with van der Waals surface area (Å²) in [6.45, 7) is 0. The van der Waals surface area contributed by atoms with Crippen LogP contribution in [0.15, 0.2) is 36.5 Å². The maximum Gasteiger partial charge on any atom is 0.248 e. The average Bonchev–Trinajstić information content (AvgIpc) is 2.62. The second kappa shape index (κ2) is 9.68. The molecule has 3 rings (SSSR count). The van der Waals surface area contributed by atoms with Crippen LogP contribution in [0.5, 0.6) is 0 Å². The van der Waals surface area contributed by atoms with Gasteiger partial charge in [-0.05, 0) is 43.2 Å². The minimum atomic E-state index is -1.05. The highest BCUT2D eigenvalue weighted by Crippen LogP contribution is 2.27. The van der Waals surface area contributed by atoms with Crippen LogP contribution >= 0.6 is 23.2 Å². The first kappa shape index (κ1) is 19.6. The zero-order valence-electron chi connectivity index (χ0n) is 13.4. The molecule has 3 nitrogen and oxygen atoms in total. The van der Waals surface area contributed by atoms with E-state index in [0.29, 0.717) is 10.0 Å². The third-order valence-corrected chi connectivity index (χ3v) is 4.62. The third kappa shape index (κ3) is 6.25. The van der Waals surface area contributed by atoms with E-state index in [0.717, 1.165) is 37.4 Å². The van der Waals surface area contributed by atoms with Crippen LogP contribution in [-0.2, 0) is 4.79 Å². The van der Waals surface area contributed by atoms with Gasteiger partial charge >= 0.3 is 0 Å². The summed E-state index contributed by atoms with van der Waals surface area (Å²) in [4.78, 5) is 15.0. The Morgan fingerprint density at radius 3 is 2.36 bits per heavy atom. The van der Waals surface area contributed by atoms with Gasteiger partial charge in [-0.1, -0.05) is 42.5 Å². The number of hydrogen-bond acceptors (Lipinski definition) is 2. The van der Waals surface area contributed by atoms with E-state index in [1.807, 2.05) is 0 Å². The second-order valence-electron chi connectivity index (χ2n) is 5.73. The molecule has 25 heavy (non-hydrogen) atoms. The molecule has 1 fully saturated rings. The largest absolute Gasteiger partial charge is 0.326 e. The van der Waals surface area contributed by atoms with E-state index >= 15 is 0 Å². The minimum absolute atomic E-state index is 0.100. The lowest BCUT2D eigenvalue weighted by Gasteiger charge is -2.20. The molecule has 0 radical (unpaired) electrons. The van der Waals surface area contributed by atoms with Gasteiger partial charge in [0.25, 0.3) is 0 Å². The van der Waals surface area contributed by atoms with Crippen molar-refractivity contribution in [2.24, 2.45) is 5.92 Å². The highest BCUT2D eigenvalue weighted by atomic mass is 35.5. The Kier molecular flexibility index (Phi) is 7.59. The number of nitrogens with zero attached hydrogens (tertiary/aromatic N) is 1. The Hall–Kier alpha value is -1.72. The quantitative estimate of drug-likeness (QED) is 0.655. The van der Waals surface area contributed by atoms with Gasteiger partial charge in [0.1, 0.15) is 0 Å². The number of aromatic nitrogens is 1. The maximum absolute atomic E-state index is 12.0. The summed E-state index contributed by atoms with van der Waals surface area (Å²) in [6, 6.07) is 7.50. The highest BCUT2D eigenvalue weighted by molar-refractivity contribution is 6.42. The Bertz CT molecular complexity index is 701. The number of carbonyl (C=O) groups excluding carboxylic acids is 1. The van der Waals surface area contributed by atoms with E-state index in [4.69, 9.17) is 23.2 Å². The van der Waals surface area contributed by atoms with Crippen LogP contribution in [0.1, 0.15) is 32.1 Å². The molecule has 0 spiro atoms. The van der Waals surface area contributed by atoms with Crippen molar-refractivity contribution < 1.29 is 13.6 Å². The summed E-state index contributed by atoms with van der Waals surface area (Å²) in [6.07, 6.45) is 6.73. The fourth-order valence-corrected chi connectivity index (χ4v) is 2.85. The van der Waals surface area contributed by atoms with E-state index in [1.54, 1.807) is 18.2 Å². The number of anilines is 1. The van der Waals surface area contributed by atoms with Crippen LogP contribution in [0, 0.1) is 17.7 Å². The molecule has 1 N–H and O–H groups in total. The van der Waals surface area contributed by atoms with Crippen molar-refractivity contribution in [2.75, 3.05) is 5.32 Å². The summed E-state index contributed by atoms with van der Waals surface area (Å²) in [5, 5.41) is 3.87. The van der Waals surface area contributed by atoms with Crippen molar-refractivity contribution in [3.8, 4) is 0 Å². The number of halogens is 4. The molecule has 0 bridgehead atoms. The van der Waals surface area contributed by atoms with Gasteiger partial charge in [0.2, 0.25) is 11.9 Å². The second-order valence-corrected chi connectivity index (χ2v) is 6.54. The van der Waals surface area contributed by atoms with E-state index in [1.165, 1.54) is 18.7 Å². The first-order valence-corrected chi connectivity index (χ1v) is 8.75. The number of amides is 1. The molecule has 1 aromatic heterocycles. The first-order chi connectivity index (χ1) is 12.0. The maximum atomic E-state index is 12.0. The summed E-state index contributed by atoms with van der Waals surface area (Å²) in [7, 11) is 0. The standard InChI is InChI=1S/C13H15Cl2NO.C5H3F2N/c14-11-7-6-10(8-12(11)15)16-13(17)9-4-2-1-3-5-9;6-4-2-1-3-8-5(4)7/h6-9H,1-5H2,(H,16,17);1-3H. The Balaban J connectivity index is 0.000000236. The summed E-state index contributed by atoms with van der Waals surface area (Å²) in [5.41, 5.74) is 0.718. The third-order valence-electron chi connectivity index (χ3n) is 3.88. The summed E-state index contributed by atoms with van der Waals surface area (Å²) >= 11 is 11.7. The lowest BCUT2D eigenvalue weighted by molar-refractivity contribution is -0.120. The molecule has 1 saturated carbocycles. The molecule has 1 aliphatic rings. The van der Waals surface area contributed by atoms with Crippen LogP contribution < -0.4 is 5.32 Å². The normalized spacial score (nSPS) is 14.4. The number of pyridine rings is 1. The van der Waals surface area contributed by atoms with Crippen LogP contribution in [0.4, 0.5) is 14.5 Å². The van der Waals surface area contributed by atoms with Gasteiger partial charge in [-0.3, -0.25) is 4.79 Å². The highest BCUT2D eigenvalue weighted by Gasteiger charge is 2.21. The van der Waals surface area contributed by atoms with Crippen molar-refractivity contribution in [3.05, 3.63) is 58.3 Å². The van der Waals surface area contributed by atoms with Crippen molar-refractivity contribution in [3.63, 3.8) is 0 Å². The number of hydrogen-bond donors (Lipinski definition) is 1. The van der Waals surface area contributed by atoms with Gasteiger partial charge in [0, 0.05) is 17.8 Å². The monoisotopic (exact) mass is 386 g/mol. The van der Waals surface area contributed by atoms with Crippen molar-refractivity contribution in [1.29, 1.82) is 0 Å². The van der Waals surface area contributed by atoms with Gasteiger partial charge < -0.3 is 5.32 Å². The fraction of sp³-hybridized carbons (Fsp3) is 0.333. The van der Waals surface area contributed by atoms with E-state index in [2.05, 4.69) is 10.3 Å². The first-order valence-electron chi connectivity index (χ1n) is 7.99. The molecular formula is C18H18Cl2F2N2O. The molecule has 0 unspecified atom stereocenters. The summed E-state index contributed by atoms with van der Waals surface area (Å²) < 4.78 is 23.7. The van der Waals surface area contributed by atoms with Gasteiger partial charge in [-0.2, -0.15) is 4.39 Å². The summed E-state index contributed by atoms with van der Waals surface area (Å²) in [5.74, 6) is -1.71. The van der Waals surface area contributed by atoms with Crippen molar-refractivity contribution in [1.82, 2.24) is 4.98 Å². The number of nitrogens with one attached hydrogen (secondary N) is 1. The molecule has 1 amide bonds. The van der Waals surface area contributed by atoms with Crippen LogP contribution in [0.25, 0.3) is 0 Å². The number of rotatable bonds is 2. The lowest BCUT2D eigenvalue weighted by atomic mass is 9.88. The molecule has 0 atom stereocenters. The number of carbonyl (C=O) groups is 1. The van der Waals surface area contributed by atoms with Crippen LogP contribution in [0.2, 0.25) is 10.0 Å². The fourth-order valence-electron chi connectivity index (χ4n) is 2.55. The Labute approximate surface area is 155 Å². The lowest BCUT2D eigenvalue weighted by Crippen LogP contribution is -2.24. The zero-order valence-corrected chi connectivity index (χ0v) is 15.0.